The van der Waals surface area contributed by atoms with Crippen LogP contribution in [0.5, 0.6) is 0 Å². The summed E-state index contributed by atoms with van der Waals surface area (Å²) >= 11 is 0. The smallest absolute Gasteiger partial charge is 0.185 e. The van der Waals surface area contributed by atoms with E-state index in [1.807, 2.05) is 56.9 Å². The number of benzene rings is 1. The molecule has 0 radical (unpaired) electrons. The molecule has 0 saturated heterocycles. The third-order valence-electron chi connectivity index (χ3n) is 3.97. The number of anilines is 1. The first kappa shape index (κ1) is 12.9. The third kappa shape index (κ3) is 1.88. The molecule has 0 aliphatic heterocycles. The molecule has 0 aliphatic carbocycles. The first-order valence-electron chi connectivity index (χ1n) is 7.55. The van der Waals surface area contributed by atoms with Gasteiger partial charge in [-0.15, -0.1) is 0 Å². The Morgan fingerprint density at radius 2 is 1.67 bits per heavy atom. The molecule has 116 valence electrons. The van der Waals surface area contributed by atoms with Gasteiger partial charge in [-0.2, -0.15) is 0 Å². The molecular weight excluding hydrogens is 302 g/mol. The molecule has 4 aromatic heterocycles. The van der Waals surface area contributed by atoms with E-state index < -0.39 is 0 Å². The zero-order chi connectivity index (χ0) is 15.9. The van der Waals surface area contributed by atoms with Gasteiger partial charge in [0.05, 0.1) is 5.52 Å². The van der Waals surface area contributed by atoms with Crippen LogP contribution in [-0.4, -0.2) is 29.0 Å². The first-order chi connectivity index (χ1) is 11.9. The molecule has 0 saturated carbocycles. The van der Waals surface area contributed by atoms with E-state index in [9.17, 15) is 0 Å². The van der Waals surface area contributed by atoms with Gasteiger partial charge in [0.2, 0.25) is 0 Å². The zero-order valence-electron chi connectivity index (χ0n) is 12.6. The summed E-state index contributed by atoms with van der Waals surface area (Å²) < 4.78 is 5.77. The van der Waals surface area contributed by atoms with Crippen LogP contribution in [0.2, 0.25) is 0 Å². The standard InChI is InChI=1S/C17H13N7/c1-2-6-14-13(5-1)7-10-23(14)24-12-20-15-16(18-11-19-17(15)24)21-22-8-3-4-9-22/h1-12H,(H,18,19,21). The van der Waals surface area contributed by atoms with Crippen molar-refractivity contribution in [2.75, 3.05) is 5.43 Å². The van der Waals surface area contributed by atoms with Gasteiger partial charge in [-0.05, 0) is 24.3 Å². The molecular formula is C17H13N7. The second kappa shape index (κ2) is 4.95. The molecule has 4 heterocycles. The average molecular weight is 315 g/mol. The number of rotatable bonds is 3. The quantitative estimate of drug-likeness (QED) is 0.556. The highest BCUT2D eigenvalue weighted by Gasteiger charge is 2.12. The molecule has 0 aliphatic rings. The van der Waals surface area contributed by atoms with Gasteiger partial charge in [0, 0.05) is 24.0 Å². The number of aromatic nitrogens is 6. The SMILES string of the molecule is c1ccc2c(c1)ccn2-n1cnc2c(Nn3cccc3)ncnc21. The van der Waals surface area contributed by atoms with E-state index in [4.69, 9.17) is 0 Å². The topological polar surface area (TPSA) is 65.5 Å². The van der Waals surface area contributed by atoms with Crippen molar-refractivity contribution in [2.45, 2.75) is 0 Å². The van der Waals surface area contributed by atoms with Crippen molar-refractivity contribution in [1.82, 2.24) is 29.0 Å². The Kier molecular flexibility index (Phi) is 2.66. The van der Waals surface area contributed by atoms with Gasteiger partial charge in [0.1, 0.15) is 12.7 Å². The van der Waals surface area contributed by atoms with Crippen molar-refractivity contribution < 1.29 is 0 Å². The Balaban J connectivity index is 1.68. The van der Waals surface area contributed by atoms with Crippen molar-refractivity contribution in [2.24, 2.45) is 0 Å². The molecule has 1 aromatic carbocycles. The molecule has 7 nitrogen and oxygen atoms in total. The van der Waals surface area contributed by atoms with Crippen molar-refractivity contribution in [3.05, 3.63) is 73.7 Å². The first-order valence-corrected chi connectivity index (χ1v) is 7.55. The second-order valence-corrected chi connectivity index (χ2v) is 5.40. The fourth-order valence-electron chi connectivity index (χ4n) is 2.85. The number of imidazole rings is 1. The summed E-state index contributed by atoms with van der Waals surface area (Å²) in [6, 6.07) is 14.2. The van der Waals surface area contributed by atoms with E-state index in [1.165, 1.54) is 11.7 Å². The predicted octanol–water partition coefficient (Wildman–Crippen LogP) is 2.77. The van der Waals surface area contributed by atoms with Gasteiger partial charge in [-0.3, -0.25) is 14.8 Å². The summed E-state index contributed by atoms with van der Waals surface area (Å²) in [6.45, 7) is 0. The highest BCUT2D eigenvalue weighted by Crippen LogP contribution is 2.21. The summed E-state index contributed by atoms with van der Waals surface area (Å²) in [5.74, 6) is 0.659. The maximum atomic E-state index is 4.50. The minimum absolute atomic E-state index is 0.659. The molecule has 1 N–H and O–H groups in total. The third-order valence-corrected chi connectivity index (χ3v) is 3.97. The number of para-hydroxylation sites is 1. The Bertz CT molecular complexity index is 1130. The van der Waals surface area contributed by atoms with Gasteiger partial charge < -0.3 is 0 Å². The molecule has 0 fully saturated rings. The summed E-state index contributed by atoms with van der Waals surface area (Å²) in [7, 11) is 0. The molecule has 0 bridgehead atoms. The normalized spacial score (nSPS) is 11.3. The zero-order valence-corrected chi connectivity index (χ0v) is 12.6. The lowest BCUT2D eigenvalue weighted by Crippen LogP contribution is -2.10. The second-order valence-electron chi connectivity index (χ2n) is 5.40. The molecule has 0 spiro atoms. The fourth-order valence-corrected chi connectivity index (χ4v) is 2.85. The number of hydrogen-bond acceptors (Lipinski definition) is 4. The van der Waals surface area contributed by atoms with Crippen LogP contribution in [0, 0.1) is 0 Å². The molecule has 24 heavy (non-hydrogen) atoms. The molecule has 0 atom stereocenters. The fraction of sp³-hybridized carbons (Fsp3) is 0. The van der Waals surface area contributed by atoms with E-state index in [2.05, 4.69) is 38.6 Å². The minimum Gasteiger partial charge on any atom is -0.276 e. The molecule has 5 rings (SSSR count). The van der Waals surface area contributed by atoms with Crippen molar-refractivity contribution in [1.29, 1.82) is 0 Å². The van der Waals surface area contributed by atoms with Crippen LogP contribution in [-0.2, 0) is 0 Å². The van der Waals surface area contributed by atoms with E-state index in [-0.39, 0.29) is 0 Å². The van der Waals surface area contributed by atoms with E-state index in [1.54, 1.807) is 6.33 Å². The van der Waals surface area contributed by atoms with Gasteiger partial charge in [0.15, 0.2) is 17.0 Å². The average Bonchev–Trinajstić information content (AvgIpc) is 3.34. The van der Waals surface area contributed by atoms with Crippen LogP contribution in [0.4, 0.5) is 5.82 Å². The van der Waals surface area contributed by atoms with Gasteiger partial charge >= 0.3 is 0 Å². The predicted molar refractivity (Wildman–Crippen MR) is 91.5 cm³/mol. The van der Waals surface area contributed by atoms with E-state index in [0.717, 1.165) is 11.2 Å². The van der Waals surface area contributed by atoms with Crippen LogP contribution < -0.4 is 5.43 Å². The summed E-state index contributed by atoms with van der Waals surface area (Å²) in [5, 5.41) is 1.17. The molecule has 5 aromatic rings. The highest BCUT2D eigenvalue weighted by atomic mass is 15.5. The van der Waals surface area contributed by atoms with Crippen molar-refractivity contribution in [3.8, 4) is 0 Å². The van der Waals surface area contributed by atoms with Gasteiger partial charge in [-0.1, -0.05) is 18.2 Å². The Labute approximate surface area is 136 Å². The monoisotopic (exact) mass is 315 g/mol. The van der Waals surface area contributed by atoms with Crippen LogP contribution in [0.15, 0.2) is 73.7 Å². The van der Waals surface area contributed by atoms with Gasteiger partial charge in [-0.25, -0.2) is 19.6 Å². The highest BCUT2D eigenvalue weighted by molar-refractivity contribution is 5.84. The Hall–Kier alpha value is -3.61. The minimum atomic E-state index is 0.659. The summed E-state index contributed by atoms with van der Waals surface area (Å²) in [4.78, 5) is 13.2. The summed E-state index contributed by atoms with van der Waals surface area (Å²) in [6.07, 6.45) is 9.12. The molecule has 0 amide bonds. The van der Waals surface area contributed by atoms with E-state index >= 15 is 0 Å². The Morgan fingerprint density at radius 3 is 2.58 bits per heavy atom. The van der Waals surface area contributed by atoms with Crippen molar-refractivity contribution >= 4 is 27.9 Å². The summed E-state index contributed by atoms with van der Waals surface area (Å²) in [5.41, 5.74) is 5.75. The van der Waals surface area contributed by atoms with Crippen LogP contribution in [0.3, 0.4) is 0 Å². The number of fused-ring (bicyclic) bond motifs is 2. The van der Waals surface area contributed by atoms with Crippen LogP contribution in [0.1, 0.15) is 0 Å². The molecule has 0 unspecified atom stereocenters. The maximum Gasteiger partial charge on any atom is 0.185 e. The van der Waals surface area contributed by atoms with Gasteiger partial charge in [0.25, 0.3) is 0 Å². The number of nitrogens with one attached hydrogen (secondary N) is 1. The van der Waals surface area contributed by atoms with Crippen LogP contribution in [0.25, 0.3) is 22.1 Å². The largest absolute Gasteiger partial charge is 0.276 e. The van der Waals surface area contributed by atoms with Crippen LogP contribution >= 0.6 is 0 Å². The lowest BCUT2D eigenvalue weighted by atomic mass is 10.3. The van der Waals surface area contributed by atoms with Crippen molar-refractivity contribution in [3.63, 3.8) is 0 Å². The molecule has 7 heteroatoms. The Morgan fingerprint density at radius 1 is 0.792 bits per heavy atom. The maximum absolute atomic E-state index is 4.50. The lowest BCUT2D eigenvalue weighted by Gasteiger charge is -2.08. The van der Waals surface area contributed by atoms with E-state index in [0.29, 0.717) is 11.3 Å². The number of nitrogens with zero attached hydrogens (tertiary/aromatic N) is 6. The number of hydrogen-bond donors (Lipinski definition) is 1. The lowest BCUT2D eigenvalue weighted by molar-refractivity contribution is 0.702.